The zero-order valence-electron chi connectivity index (χ0n) is 9.66. The number of nitrogens with zero attached hydrogens (tertiary/aromatic N) is 1. The van der Waals surface area contributed by atoms with Crippen molar-refractivity contribution < 1.29 is 4.79 Å². The number of amides is 1. The molecular formula is C13H14N3O. The van der Waals surface area contributed by atoms with Crippen LogP contribution in [-0.2, 0) is 11.2 Å². The number of carbonyl (C=O) groups excluding carboxylic acids is 1. The van der Waals surface area contributed by atoms with E-state index in [1.165, 1.54) is 5.56 Å². The molecule has 1 aromatic carbocycles. The number of rotatable bonds is 1. The molecule has 3 rings (SSSR count). The van der Waals surface area contributed by atoms with Crippen molar-refractivity contribution in [2.75, 3.05) is 13.6 Å². The quantitative estimate of drug-likeness (QED) is 0.764. The van der Waals surface area contributed by atoms with Crippen LogP contribution < -0.4 is 5.73 Å². The van der Waals surface area contributed by atoms with Crippen molar-refractivity contribution >= 4 is 16.8 Å². The number of hydrogen-bond acceptors (Lipinski definition) is 2. The zero-order valence-corrected chi connectivity index (χ0v) is 9.66. The second-order valence-electron chi connectivity index (χ2n) is 4.51. The average molecular weight is 228 g/mol. The van der Waals surface area contributed by atoms with Crippen LogP contribution in [0.15, 0.2) is 18.2 Å². The minimum absolute atomic E-state index is 0.306. The fourth-order valence-electron chi connectivity index (χ4n) is 2.64. The number of aromatic nitrogens is 1. The van der Waals surface area contributed by atoms with Crippen LogP contribution >= 0.6 is 0 Å². The molecule has 1 aliphatic heterocycles. The lowest BCUT2D eigenvalue weighted by atomic mass is 9.97. The molecular weight excluding hydrogens is 214 g/mol. The van der Waals surface area contributed by atoms with E-state index in [-0.39, 0.29) is 11.9 Å². The maximum Gasteiger partial charge on any atom is 0.240 e. The molecule has 0 aliphatic carbocycles. The van der Waals surface area contributed by atoms with Crippen molar-refractivity contribution in [1.82, 2.24) is 9.88 Å². The Balaban J connectivity index is 2.25. The van der Waals surface area contributed by atoms with E-state index < -0.39 is 0 Å². The number of H-pyrrole nitrogens is 1. The highest BCUT2D eigenvalue weighted by Gasteiger charge is 2.31. The van der Waals surface area contributed by atoms with Gasteiger partial charge in [-0.3, -0.25) is 9.69 Å². The number of aromatic amines is 1. The molecule has 0 saturated carbocycles. The van der Waals surface area contributed by atoms with Crippen molar-refractivity contribution in [2.45, 2.75) is 12.5 Å². The van der Waals surface area contributed by atoms with Crippen molar-refractivity contribution in [3.8, 4) is 0 Å². The third-order valence-corrected chi connectivity index (χ3v) is 3.45. The van der Waals surface area contributed by atoms with Gasteiger partial charge < -0.3 is 10.7 Å². The number of carbonyl (C=O) groups is 1. The molecule has 1 aromatic heterocycles. The number of benzene rings is 1. The van der Waals surface area contributed by atoms with E-state index >= 15 is 0 Å². The Morgan fingerprint density at radius 3 is 3.24 bits per heavy atom. The lowest BCUT2D eigenvalue weighted by Crippen LogP contribution is -2.40. The Labute approximate surface area is 99.4 Å². The van der Waals surface area contributed by atoms with Crippen molar-refractivity contribution in [1.29, 1.82) is 0 Å². The van der Waals surface area contributed by atoms with Gasteiger partial charge in [0, 0.05) is 23.1 Å². The average Bonchev–Trinajstić information content (AvgIpc) is 2.66. The van der Waals surface area contributed by atoms with E-state index in [1.807, 2.05) is 30.1 Å². The van der Waals surface area contributed by atoms with Gasteiger partial charge in [-0.05, 0) is 31.2 Å². The summed E-state index contributed by atoms with van der Waals surface area (Å²) in [5.74, 6) is -0.306. The van der Waals surface area contributed by atoms with Gasteiger partial charge in [0.25, 0.3) is 0 Å². The predicted molar refractivity (Wildman–Crippen MR) is 65.4 cm³/mol. The van der Waals surface area contributed by atoms with E-state index in [0.717, 1.165) is 29.6 Å². The van der Waals surface area contributed by atoms with E-state index in [1.54, 1.807) is 0 Å². The standard InChI is InChI=1S/C13H14N3O/c1-16-7-6-9-8-4-2-3-5-10(8)15-11(9)12(16)13(14)17/h2-3,5,12,15H,6-7H2,1H3,(H2,14,17). The second-order valence-corrected chi connectivity index (χ2v) is 4.51. The molecule has 2 aromatic rings. The van der Waals surface area contributed by atoms with Gasteiger partial charge >= 0.3 is 0 Å². The molecule has 1 unspecified atom stereocenters. The molecule has 0 bridgehead atoms. The molecule has 17 heavy (non-hydrogen) atoms. The molecule has 1 amide bonds. The van der Waals surface area contributed by atoms with Crippen molar-refractivity contribution in [3.63, 3.8) is 0 Å². The Kier molecular flexibility index (Phi) is 2.19. The summed E-state index contributed by atoms with van der Waals surface area (Å²) in [6.45, 7) is 0.844. The Hall–Kier alpha value is -1.81. The van der Waals surface area contributed by atoms with Crippen LogP contribution in [0.5, 0.6) is 0 Å². The molecule has 3 N–H and O–H groups in total. The predicted octanol–water partition coefficient (Wildman–Crippen LogP) is 0.982. The summed E-state index contributed by atoms with van der Waals surface area (Å²) in [5, 5.41) is 1.09. The van der Waals surface area contributed by atoms with E-state index in [2.05, 4.69) is 11.1 Å². The van der Waals surface area contributed by atoms with E-state index in [4.69, 9.17) is 5.73 Å². The number of nitrogens with two attached hydrogens (primary N) is 1. The third kappa shape index (κ3) is 1.45. The van der Waals surface area contributed by atoms with Crippen LogP contribution in [0.3, 0.4) is 0 Å². The second kappa shape index (κ2) is 3.60. The minimum atomic E-state index is -0.348. The fourth-order valence-corrected chi connectivity index (χ4v) is 2.64. The Morgan fingerprint density at radius 1 is 1.65 bits per heavy atom. The smallest absolute Gasteiger partial charge is 0.240 e. The monoisotopic (exact) mass is 228 g/mol. The number of nitrogens with one attached hydrogen (secondary N) is 1. The maximum atomic E-state index is 11.6. The first kappa shape index (κ1) is 10.4. The summed E-state index contributed by atoms with van der Waals surface area (Å²) in [5.41, 5.74) is 8.63. The molecule has 0 saturated heterocycles. The summed E-state index contributed by atoms with van der Waals surface area (Å²) in [4.78, 5) is 16.8. The highest BCUT2D eigenvalue weighted by atomic mass is 16.1. The molecule has 87 valence electrons. The third-order valence-electron chi connectivity index (χ3n) is 3.45. The lowest BCUT2D eigenvalue weighted by Gasteiger charge is -2.30. The Morgan fingerprint density at radius 2 is 2.47 bits per heavy atom. The summed E-state index contributed by atoms with van der Waals surface area (Å²) in [7, 11) is 1.92. The lowest BCUT2D eigenvalue weighted by molar-refractivity contribution is -0.123. The van der Waals surface area contributed by atoms with Gasteiger partial charge in [-0.1, -0.05) is 12.1 Å². The van der Waals surface area contributed by atoms with Gasteiger partial charge in [-0.2, -0.15) is 0 Å². The molecule has 0 fully saturated rings. The van der Waals surface area contributed by atoms with Crippen LogP contribution in [0, 0.1) is 6.07 Å². The van der Waals surface area contributed by atoms with Crippen LogP contribution in [0.1, 0.15) is 17.3 Å². The topological polar surface area (TPSA) is 62.1 Å². The van der Waals surface area contributed by atoms with Gasteiger partial charge in [0.05, 0.1) is 0 Å². The number of likely N-dealkylation sites (N-methyl/N-ethyl adjacent to an activating group) is 1. The highest BCUT2D eigenvalue weighted by Crippen LogP contribution is 2.33. The summed E-state index contributed by atoms with van der Waals surface area (Å²) in [6.07, 6.45) is 0.927. The molecule has 2 heterocycles. The first-order valence-corrected chi connectivity index (χ1v) is 5.69. The van der Waals surface area contributed by atoms with Crippen LogP contribution in [0.25, 0.3) is 10.9 Å². The molecule has 0 spiro atoms. The number of primary amides is 1. The molecule has 1 atom stereocenters. The van der Waals surface area contributed by atoms with E-state index in [0.29, 0.717) is 0 Å². The highest BCUT2D eigenvalue weighted by molar-refractivity contribution is 5.89. The maximum absolute atomic E-state index is 11.6. The largest absolute Gasteiger partial charge is 0.368 e. The summed E-state index contributed by atoms with van der Waals surface area (Å²) >= 11 is 0. The van der Waals surface area contributed by atoms with Gasteiger partial charge in [-0.25, -0.2) is 0 Å². The summed E-state index contributed by atoms with van der Waals surface area (Å²) in [6, 6.07) is 8.72. The molecule has 1 aliphatic rings. The van der Waals surface area contributed by atoms with Gasteiger partial charge in [0.2, 0.25) is 5.91 Å². The van der Waals surface area contributed by atoms with Gasteiger partial charge in [0.15, 0.2) is 0 Å². The SMILES string of the molecule is CN1CCc2c([nH]c3ccc[c]c23)C1C(N)=O. The Bertz CT molecular complexity index is 587. The number of hydrogen-bond donors (Lipinski definition) is 2. The molecule has 1 radical (unpaired) electrons. The minimum Gasteiger partial charge on any atom is -0.368 e. The first-order chi connectivity index (χ1) is 8.18. The fraction of sp³-hybridized carbons (Fsp3) is 0.308. The first-order valence-electron chi connectivity index (χ1n) is 5.69. The van der Waals surface area contributed by atoms with Crippen LogP contribution in [0.2, 0.25) is 0 Å². The van der Waals surface area contributed by atoms with Crippen molar-refractivity contribution in [2.24, 2.45) is 5.73 Å². The number of fused-ring (bicyclic) bond motifs is 3. The van der Waals surface area contributed by atoms with Gasteiger partial charge in [-0.15, -0.1) is 0 Å². The van der Waals surface area contributed by atoms with Crippen LogP contribution in [-0.4, -0.2) is 29.4 Å². The van der Waals surface area contributed by atoms with Gasteiger partial charge in [0.1, 0.15) is 6.04 Å². The van der Waals surface area contributed by atoms with E-state index in [9.17, 15) is 4.79 Å². The molecule has 4 heteroatoms. The zero-order chi connectivity index (χ0) is 12.0. The van der Waals surface area contributed by atoms with Crippen molar-refractivity contribution in [3.05, 3.63) is 35.5 Å². The van der Waals surface area contributed by atoms with Crippen LogP contribution in [0.4, 0.5) is 0 Å². The molecule has 4 nitrogen and oxygen atoms in total. The summed E-state index contributed by atoms with van der Waals surface area (Å²) < 4.78 is 0. The normalized spacial score (nSPS) is 20.4.